The van der Waals surface area contributed by atoms with Gasteiger partial charge in [-0.3, -0.25) is 0 Å². The van der Waals surface area contributed by atoms with Crippen LogP contribution in [0.5, 0.6) is 0 Å². The van der Waals surface area contributed by atoms with Gasteiger partial charge in [-0.15, -0.1) is 0 Å². The van der Waals surface area contributed by atoms with E-state index in [2.05, 4.69) is 0 Å². The molecule has 6 heavy (non-hydrogen) atoms. The average Bonchev–Trinajstić information content (AvgIpc) is 0. The second-order valence-electron chi connectivity index (χ2n) is 0. The SMILES string of the molecule is [Cd+2].[Hg+2].[I-].[I-].[I-].[I-]. The molecule has 0 aromatic heterocycles. The molecule has 6 heteroatoms. The van der Waals surface area contributed by atoms with Crippen molar-refractivity contribution < 1.29 is 151 Å². The maximum Gasteiger partial charge on any atom is 2.00 e. The number of halogens is 4. The third-order valence-corrected chi connectivity index (χ3v) is 0. The second kappa shape index (κ2) is 33.0. The fourth-order valence-corrected chi connectivity index (χ4v) is 0. The van der Waals surface area contributed by atoms with E-state index in [9.17, 15) is 0 Å². The van der Waals surface area contributed by atoms with Crippen LogP contribution in [-0.4, -0.2) is 0 Å². The maximum absolute atomic E-state index is 0. The number of hydrogen-bond donors (Lipinski definition) is 0. The molecule has 0 amide bonds. The first-order chi connectivity index (χ1) is 0. The third kappa shape index (κ3) is 23.3. The molecule has 0 aromatic carbocycles. The average molecular weight is 821 g/mol. The Kier molecular flexibility index (Phi) is 248. The van der Waals surface area contributed by atoms with E-state index in [1.54, 1.807) is 0 Å². The molecule has 0 bridgehead atoms. The smallest absolute Gasteiger partial charge is 1.00 e. The van der Waals surface area contributed by atoms with Gasteiger partial charge in [-0.2, -0.15) is 0 Å². The van der Waals surface area contributed by atoms with Crippen LogP contribution in [-0.2, 0) is 55.0 Å². The third-order valence-electron chi connectivity index (χ3n) is 0. The summed E-state index contributed by atoms with van der Waals surface area (Å²) in [6.45, 7) is 0. The van der Waals surface area contributed by atoms with Gasteiger partial charge in [-0.1, -0.05) is 0 Å². The van der Waals surface area contributed by atoms with Crippen molar-refractivity contribution in [1.29, 1.82) is 0 Å². The van der Waals surface area contributed by atoms with Crippen molar-refractivity contribution in [3.63, 3.8) is 0 Å². The molecule has 0 rings (SSSR count). The van der Waals surface area contributed by atoms with E-state index in [1.807, 2.05) is 0 Å². The van der Waals surface area contributed by atoms with Crippen LogP contribution in [0.4, 0.5) is 0 Å². The van der Waals surface area contributed by atoms with E-state index in [0.29, 0.717) is 0 Å². The number of hydrogen-bond acceptors (Lipinski definition) is 0. The molecule has 0 atom stereocenters. The Bertz CT molecular complexity index is 7.51. The van der Waals surface area contributed by atoms with Crippen molar-refractivity contribution in [2.24, 2.45) is 0 Å². The summed E-state index contributed by atoms with van der Waals surface area (Å²) in [6, 6.07) is 0. The summed E-state index contributed by atoms with van der Waals surface area (Å²) in [6.07, 6.45) is 0. The minimum atomic E-state index is 0. The molecule has 32 valence electrons. The van der Waals surface area contributed by atoms with E-state index in [0.717, 1.165) is 0 Å². The maximum atomic E-state index is 0. The molecular weight excluding hydrogens is 821 g/mol. The summed E-state index contributed by atoms with van der Waals surface area (Å²) in [5, 5.41) is 0. The summed E-state index contributed by atoms with van der Waals surface area (Å²) in [7, 11) is 0. The van der Waals surface area contributed by atoms with Gasteiger partial charge in [0.1, 0.15) is 0 Å². The molecule has 0 spiro atoms. The fraction of sp³-hybridized carbons (Fsp3) is 0. The molecule has 0 aliphatic rings. The van der Waals surface area contributed by atoms with Gasteiger partial charge in [0.2, 0.25) is 0 Å². The minimum absolute atomic E-state index is 0. The molecule has 0 radical (unpaired) electrons. The zero-order valence-electron chi connectivity index (χ0n) is 2.93. The van der Waals surface area contributed by atoms with Crippen molar-refractivity contribution in [3.05, 3.63) is 0 Å². The Morgan fingerprint density at radius 3 is 0.500 bits per heavy atom. The van der Waals surface area contributed by atoms with Gasteiger partial charge < -0.3 is 95.9 Å². The van der Waals surface area contributed by atoms with Crippen molar-refractivity contribution in [2.75, 3.05) is 0 Å². The zero-order chi connectivity index (χ0) is 0. The Labute approximate surface area is 147 Å². The van der Waals surface area contributed by atoms with E-state index in [4.69, 9.17) is 0 Å². The van der Waals surface area contributed by atoms with E-state index >= 15 is 0 Å². The van der Waals surface area contributed by atoms with Gasteiger partial charge in [-0.25, -0.2) is 0 Å². The summed E-state index contributed by atoms with van der Waals surface area (Å²) in [4.78, 5) is 0. The van der Waals surface area contributed by atoms with Crippen LogP contribution >= 0.6 is 0 Å². The molecule has 0 N–H and O–H groups in total. The Morgan fingerprint density at radius 1 is 0.500 bits per heavy atom. The molecular formula is CdHgI4. The van der Waals surface area contributed by atoms with Crippen LogP contribution in [0.3, 0.4) is 0 Å². The zero-order valence-corrected chi connectivity index (χ0v) is 21.1. The summed E-state index contributed by atoms with van der Waals surface area (Å²) >= 11 is 0. The van der Waals surface area contributed by atoms with Gasteiger partial charge in [0.15, 0.2) is 0 Å². The first-order valence-electron chi connectivity index (χ1n) is 0. The van der Waals surface area contributed by atoms with Crippen LogP contribution in [0.2, 0.25) is 0 Å². The van der Waals surface area contributed by atoms with Crippen LogP contribution in [0.25, 0.3) is 0 Å². The molecule has 0 aromatic rings. The van der Waals surface area contributed by atoms with Gasteiger partial charge in [0.05, 0.1) is 0 Å². The number of rotatable bonds is 0. The normalized spacial score (nSPS) is 0. The largest absolute Gasteiger partial charge is 2.00 e. The molecule has 0 saturated carbocycles. The summed E-state index contributed by atoms with van der Waals surface area (Å²) in [5.74, 6) is 0. The first kappa shape index (κ1) is 45.1. The predicted molar refractivity (Wildman–Crippen MR) is 0 cm³/mol. The Morgan fingerprint density at radius 2 is 0.500 bits per heavy atom. The van der Waals surface area contributed by atoms with Crippen LogP contribution in [0.1, 0.15) is 0 Å². The summed E-state index contributed by atoms with van der Waals surface area (Å²) < 4.78 is 0. The van der Waals surface area contributed by atoms with Crippen molar-refractivity contribution in [1.82, 2.24) is 0 Å². The first-order valence-corrected chi connectivity index (χ1v) is 0. The van der Waals surface area contributed by atoms with E-state index in [-0.39, 0.29) is 151 Å². The fourth-order valence-electron chi connectivity index (χ4n) is 0. The second-order valence-corrected chi connectivity index (χ2v) is 0. The van der Waals surface area contributed by atoms with Gasteiger partial charge in [-0.05, 0) is 0 Å². The van der Waals surface area contributed by atoms with Crippen LogP contribution < -0.4 is 95.9 Å². The predicted octanol–water partition coefficient (Wildman–Crippen LogP) is -12.0. The van der Waals surface area contributed by atoms with E-state index in [1.165, 1.54) is 0 Å². The van der Waals surface area contributed by atoms with Crippen LogP contribution in [0.15, 0.2) is 0 Å². The molecule has 0 aliphatic heterocycles. The van der Waals surface area contributed by atoms with Crippen molar-refractivity contribution in [3.8, 4) is 0 Å². The standard InChI is InChI=1S/Cd.Hg.4HI/h;;4*1H/q2*+2;;;;/p-4. The quantitative estimate of drug-likeness (QED) is 0.169. The van der Waals surface area contributed by atoms with Crippen molar-refractivity contribution >= 4 is 0 Å². The van der Waals surface area contributed by atoms with E-state index < -0.39 is 0 Å². The van der Waals surface area contributed by atoms with Gasteiger partial charge >= 0.3 is 55.0 Å². The monoisotopic (exact) mass is 823 g/mol. The molecule has 0 aliphatic carbocycles. The topological polar surface area (TPSA) is 0 Å². The van der Waals surface area contributed by atoms with Gasteiger partial charge in [0.25, 0.3) is 0 Å². The molecule has 0 saturated heterocycles. The van der Waals surface area contributed by atoms with Gasteiger partial charge in [0, 0.05) is 0 Å². The Balaban J connectivity index is 0. The molecule has 0 unspecified atom stereocenters. The Hall–Kier alpha value is 4.78. The summed E-state index contributed by atoms with van der Waals surface area (Å²) in [5.41, 5.74) is 0. The molecule has 0 nitrogen and oxygen atoms in total. The van der Waals surface area contributed by atoms with Crippen molar-refractivity contribution in [2.45, 2.75) is 0 Å². The van der Waals surface area contributed by atoms with Crippen LogP contribution in [0, 0.1) is 0 Å². The molecule has 0 heterocycles. The molecule has 0 fully saturated rings. The minimum Gasteiger partial charge on any atom is -1.00 e.